The Hall–Kier alpha value is -1.62. The van der Waals surface area contributed by atoms with Crippen molar-refractivity contribution in [2.75, 3.05) is 25.1 Å². The van der Waals surface area contributed by atoms with Crippen LogP contribution in [0, 0.1) is 16.0 Å². The molecule has 1 N–H and O–H groups in total. The van der Waals surface area contributed by atoms with Crippen molar-refractivity contribution in [2.24, 2.45) is 5.92 Å². The van der Waals surface area contributed by atoms with Gasteiger partial charge >= 0.3 is 0 Å². The second-order valence-corrected chi connectivity index (χ2v) is 4.20. The lowest BCUT2D eigenvalue weighted by molar-refractivity contribution is -0.384. The third kappa shape index (κ3) is 5.31. The highest BCUT2D eigenvalue weighted by molar-refractivity contribution is 5.48. The van der Waals surface area contributed by atoms with Gasteiger partial charge in [0, 0.05) is 31.0 Å². The number of hydrogen-bond donors (Lipinski definition) is 1. The van der Waals surface area contributed by atoms with Crippen LogP contribution < -0.4 is 5.32 Å². The van der Waals surface area contributed by atoms with Crippen LogP contribution in [0.2, 0.25) is 0 Å². The topological polar surface area (TPSA) is 64.4 Å². The molecule has 0 radical (unpaired) electrons. The third-order valence-corrected chi connectivity index (χ3v) is 2.10. The number of anilines is 1. The van der Waals surface area contributed by atoms with E-state index in [-0.39, 0.29) is 5.69 Å². The molecule has 1 aromatic carbocycles. The molecule has 0 heterocycles. The first-order valence-electron chi connectivity index (χ1n) is 5.65. The lowest BCUT2D eigenvalue weighted by atomic mass is 10.2. The number of rotatable bonds is 7. The summed E-state index contributed by atoms with van der Waals surface area (Å²) < 4.78 is 5.41. The summed E-state index contributed by atoms with van der Waals surface area (Å²) >= 11 is 0. The molecular weight excluding hydrogens is 220 g/mol. The molecule has 0 aliphatic heterocycles. The van der Waals surface area contributed by atoms with E-state index < -0.39 is 4.92 Å². The molecule has 0 atom stereocenters. The van der Waals surface area contributed by atoms with Crippen LogP contribution in [0.4, 0.5) is 11.4 Å². The van der Waals surface area contributed by atoms with E-state index >= 15 is 0 Å². The van der Waals surface area contributed by atoms with Gasteiger partial charge in [-0.2, -0.15) is 0 Å². The van der Waals surface area contributed by atoms with E-state index in [9.17, 15) is 10.1 Å². The fourth-order valence-corrected chi connectivity index (χ4v) is 1.29. The minimum absolute atomic E-state index is 0.103. The van der Waals surface area contributed by atoms with Gasteiger partial charge < -0.3 is 10.1 Å². The van der Waals surface area contributed by atoms with Crippen molar-refractivity contribution in [1.29, 1.82) is 0 Å². The van der Waals surface area contributed by atoms with Gasteiger partial charge in [-0.05, 0) is 18.1 Å². The molecule has 94 valence electrons. The van der Waals surface area contributed by atoms with Crippen LogP contribution in [0.3, 0.4) is 0 Å². The van der Waals surface area contributed by atoms with Gasteiger partial charge in [0.15, 0.2) is 0 Å². The van der Waals surface area contributed by atoms with Crippen molar-refractivity contribution in [3.8, 4) is 0 Å². The second kappa shape index (κ2) is 6.85. The molecule has 0 aromatic heterocycles. The van der Waals surface area contributed by atoms with Crippen molar-refractivity contribution < 1.29 is 9.66 Å². The van der Waals surface area contributed by atoms with Crippen LogP contribution in [0.15, 0.2) is 24.3 Å². The van der Waals surface area contributed by atoms with E-state index in [0.717, 1.165) is 12.3 Å². The van der Waals surface area contributed by atoms with Gasteiger partial charge in [0.05, 0.1) is 11.5 Å². The molecule has 0 spiro atoms. The Balaban J connectivity index is 2.25. The third-order valence-electron chi connectivity index (χ3n) is 2.10. The first-order chi connectivity index (χ1) is 8.09. The van der Waals surface area contributed by atoms with Crippen LogP contribution in [0.1, 0.15) is 13.8 Å². The molecule has 0 fully saturated rings. The summed E-state index contributed by atoms with van der Waals surface area (Å²) in [5.41, 5.74) is 0.968. The zero-order chi connectivity index (χ0) is 12.7. The van der Waals surface area contributed by atoms with Gasteiger partial charge in [0.2, 0.25) is 0 Å². The molecular formula is C12H18N2O3. The second-order valence-electron chi connectivity index (χ2n) is 4.20. The molecule has 17 heavy (non-hydrogen) atoms. The minimum atomic E-state index is -0.407. The lowest BCUT2D eigenvalue weighted by Crippen LogP contribution is -2.12. The minimum Gasteiger partial charge on any atom is -0.383 e. The number of nitro benzene ring substituents is 1. The Morgan fingerprint density at radius 2 is 2.00 bits per heavy atom. The lowest BCUT2D eigenvalue weighted by Gasteiger charge is -2.08. The summed E-state index contributed by atoms with van der Waals surface area (Å²) in [4.78, 5) is 10.0. The molecule has 0 saturated heterocycles. The van der Waals surface area contributed by atoms with Crippen LogP contribution in [-0.2, 0) is 4.74 Å². The Morgan fingerprint density at radius 3 is 2.53 bits per heavy atom. The molecule has 0 unspecified atom stereocenters. The summed E-state index contributed by atoms with van der Waals surface area (Å²) in [6.45, 7) is 6.29. The Morgan fingerprint density at radius 1 is 1.35 bits per heavy atom. The summed E-state index contributed by atoms with van der Waals surface area (Å²) in [6.07, 6.45) is 0. The molecule has 0 aliphatic rings. The average Bonchev–Trinajstić information content (AvgIpc) is 2.29. The number of nitro groups is 1. The number of ether oxygens (including phenoxy) is 1. The largest absolute Gasteiger partial charge is 0.383 e. The van der Waals surface area contributed by atoms with Gasteiger partial charge in [-0.3, -0.25) is 10.1 Å². The maximum atomic E-state index is 10.4. The molecule has 0 amide bonds. The maximum absolute atomic E-state index is 10.4. The van der Waals surface area contributed by atoms with E-state index in [2.05, 4.69) is 19.2 Å². The Labute approximate surface area is 101 Å². The molecule has 5 heteroatoms. The van der Waals surface area contributed by atoms with E-state index in [1.165, 1.54) is 12.1 Å². The molecule has 5 nitrogen and oxygen atoms in total. The predicted octanol–water partition coefficient (Wildman–Crippen LogP) is 2.68. The van der Waals surface area contributed by atoms with Gasteiger partial charge in [0.25, 0.3) is 5.69 Å². The molecule has 0 saturated carbocycles. The number of nitrogens with one attached hydrogen (secondary N) is 1. The summed E-state index contributed by atoms with van der Waals surface area (Å²) in [7, 11) is 0. The summed E-state index contributed by atoms with van der Waals surface area (Å²) in [5.74, 6) is 0.536. The smallest absolute Gasteiger partial charge is 0.269 e. The van der Waals surface area contributed by atoms with Crippen LogP contribution >= 0.6 is 0 Å². The van der Waals surface area contributed by atoms with Crippen LogP contribution in [-0.4, -0.2) is 24.7 Å². The highest BCUT2D eigenvalue weighted by Crippen LogP contribution is 2.14. The highest BCUT2D eigenvalue weighted by Gasteiger charge is 2.03. The van der Waals surface area contributed by atoms with Gasteiger partial charge in [-0.1, -0.05) is 13.8 Å². The normalized spacial score (nSPS) is 10.5. The fourth-order valence-electron chi connectivity index (χ4n) is 1.29. The number of nitrogens with zero attached hydrogens (tertiary/aromatic N) is 1. The predicted molar refractivity (Wildman–Crippen MR) is 67.2 cm³/mol. The van der Waals surface area contributed by atoms with Gasteiger partial charge in [0.1, 0.15) is 0 Å². The SMILES string of the molecule is CC(C)COCCNc1ccc([N+](=O)[O-])cc1. The molecule has 1 aromatic rings. The Bertz CT molecular complexity index is 349. The highest BCUT2D eigenvalue weighted by atomic mass is 16.6. The average molecular weight is 238 g/mol. The van der Waals surface area contributed by atoms with Crippen molar-refractivity contribution in [2.45, 2.75) is 13.8 Å². The monoisotopic (exact) mass is 238 g/mol. The van der Waals surface area contributed by atoms with Crippen molar-refractivity contribution in [3.63, 3.8) is 0 Å². The van der Waals surface area contributed by atoms with E-state index in [4.69, 9.17) is 4.74 Å². The Kier molecular flexibility index (Phi) is 5.42. The van der Waals surface area contributed by atoms with Gasteiger partial charge in [-0.25, -0.2) is 0 Å². The van der Waals surface area contributed by atoms with Crippen LogP contribution in [0.5, 0.6) is 0 Å². The van der Waals surface area contributed by atoms with E-state index in [0.29, 0.717) is 19.1 Å². The quantitative estimate of drug-likeness (QED) is 0.450. The van der Waals surface area contributed by atoms with Crippen LogP contribution in [0.25, 0.3) is 0 Å². The first kappa shape index (κ1) is 13.4. The fraction of sp³-hybridized carbons (Fsp3) is 0.500. The van der Waals surface area contributed by atoms with Crippen molar-refractivity contribution in [1.82, 2.24) is 0 Å². The standard InChI is InChI=1S/C12H18N2O3/c1-10(2)9-17-8-7-13-11-3-5-12(6-4-11)14(15)16/h3-6,10,13H,7-9H2,1-2H3. The zero-order valence-corrected chi connectivity index (χ0v) is 10.2. The zero-order valence-electron chi connectivity index (χ0n) is 10.2. The first-order valence-corrected chi connectivity index (χ1v) is 5.65. The summed E-state index contributed by atoms with van der Waals surface area (Å²) in [5, 5.41) is 13.6. The molecule has 0 bridgehead atoms. The van der Waals surface area contributed by atoms with Gasteiger partial charge in [-0.15, -0.1) is 0 Å². The number of non-ortho nitro benzene ring substituents is 1. The maximum Gasteiger partial charge on any atom is 0.269 e. The molecule has 1 rings (SSSR count). The molecule has 0 aliphatic carbocycles. The van der Waals surface area contributed by atoms with Crippen molar-refractivity contribution >= 4 is 11.4 Å². The van der Waals surface area contributed by atoms with E-state index in [1.807, 2.05) is 0 Å². The number of hydrogen-bond acceptors (Lipinski definition) is 4. The number of benzene rings is 1. The van der Waals surface area contributed by atoms with E-state index in [1.54, 1.807) is 12.1 Å². The summed E-state index contributed by atoms with van der Waals surface area (Å²) in [6, 6.07) is 6.36. The van der Waals surface area contributed by atoms with Crippen molar-refractivity contribution in [3.05, 3.63) is 34.4 Å².